The van der Waals surface area contributed by atoms with Crippen LogP contribution in [0.25, 0.3) is 23.1 Å². The summed E-state index contributed by atoms with van der Waals surface area (Å²) in [6, 6.07) is 16.8. The van der Waals surface area contributed by atoms with Gasteiger partial charge >= 0.3 is 0 Å². The Morgan fingerprint density at radius 1 is 1.04 bits per heavy atom. The minimum atomic E-state index is -0.227. The molecule has 0 saturated carbocycles. The summed E-state index contributed by atoms with van der Waals surface area (Å²) in [5.74, 6) is 2.85. The van der Waals surface area contributed by atoms with E-state index < -0.39 is 0 Å². The maximum absolute atomic E-state index is 12.6. The van der Waals surface area contributed by atoms with E-state index in [0.717, 1.165) is 5.56 Å². The van der Waals surface area contributed by atoms with Crippen molar-refractivity contribution in [3.63, 3.8) is 0 Å². The number of benzene rings is 2. The van der Waals surface area contributed by atoms with Crippen LogP contribution in [0.2, 0.25) is 0 Å². The molecular formula is C20H14O3. The molecule has 0 radical (unpaired) electrons. The Morgan fingerprint density at radius 3 is 2.57 bits per heavy atom. The molecular weight excluding hydrogens is 288 g/mol. The molecule has 0 aliphatic rings. The van der Waals surface area contributed by atoms with Crippen LogP contribution in [0, 0.1) is 12.3 Å². The Kier molecular flexibility index (Phi) is 4.26. The van der Waals surface area contributed by atoms with Gasteiger partial charge in [0.05, 0.1) is 5.39 Å². The lowest BCUT2D eigenvalue weighted by Crippen LogP contribution is -2.10. The third kappa shape index (κ3) is 3.17. The number of para-hydroxylation sites is 1. The van der Waals surface area contributed by atoms with Gasteiger partial charge in [0.15, 0.2) is 5.76 Å². The fourth-order valence-corrected chi connectivity index (χ4v) is 2.24. The van der Waals surface area contributed by atoms with Crippen molar-refractivity contribution in [2.75, 3.05) is 6.61 Å². The molecule has 23 heavy (non-hydrogen) atoms. The molecule has 2 aromatic carbocycles. The zero-order chi connectivity index (χ0) is 16.1. The van der Waals surface area contributed by atoms with E-state index in [4.69, 9.17) is 15.6 Å². The van der Waals surface area contributed by atoms with Crippen LogP contribution in [0.3, 0.4) is 0 Å². The lowest BCUT2D eigenvalue weighted by Gasteiger charge is -2.07. The summed E-state index contributed by atoms with van der Waals surface area (Å²) in [4.78, 5) is 12.6. The first-order valence-electron chi connectivity index (χ1n) is 7.15. The summed E-state index contributed by atoms with van der Waals surface area (Å²) in [6.07, 6.45) is 8.80. The lowest BCUT2D eigenvalue weighted by molar-refractivity contribution is 0.352. The van der Waals surface area contributed by atoms with Crippen LogP contribution in [0.15, 0.2) is 63.8 Å². The van der Waals surface area contributed by atoms with Crippen molar-refractivity contribution in [3.05, 3.63) is 76.1 Å². The number of hydrogen-bond acceptors (Lipinski definition) is 3. The number of fused-ring (bicyclic) bond motifs is 1. The molecule has 0 aliphatic carbocycles. The van der Waals surface area contributed by atoms with Gasteiger partial charge in [0.2, 0.25) is 11.2 Å². The third-order valence-electron chi connectivity index (χ3n) is 3.31. The summed E-state index contributed by atoms with van der Waals surface area (Å²) < 4.78 is 11.2. The molecule has 3 rings (SSSR count). The zero-order valence-electron chi connectivity index (χ0n) is 12.4. The summed E-state index contributed by atoms with van der Waals surface area (Å²) in [6.45, 7) is 0.00920. The maximum Gasteiger partial charge on any atom is 0.235 e. The predicted molar refractivity (Wildman–Crippen MR) is 92.2 cm³/mol. The van der Waals surface area contributed by atoms with Gasteiger partial charge in [0, 0.05) is 0 Å². The molecule has 0 N–H and O–H groups in total. The number of terminal acetylenes is 1. The highest BCUT2D eigenvalue weighted by atomic mass is 16.5. The number of ether oxygens (including phenoxy) is 1. The van der Waals surface area contributed by atoms with Gasteiger partial charge in [-0.15, -0.1) is 6.42 Å². The second-order valence-corrected chi connectivity index (χ2v) is 4.86. The molecule has 0 saturated heterocycles. The Bertz CT molecular complexity index is 944. The number of rotatable bonds is 4. The average molecular weight is 302 g/mol. The highest BCUT2D eigenvalue weighted by molar-refractivity contribution is 5.81. The van der Waals surface area contributed by atoms with E-state index in [1.807, 2.05) is 42.5 Å². The monoisotopic (exact) mass is 302 g/mol. The molecule has 0 amide bonds. The summed E-state index contributed by atoms with van der Waals surface area (Å²) in [5, 5.41) is 0.469. The van der Waals surface area contributed by atoms with Crippen LogP contribution in [0.5, 0.6) is 5.75 Å². The third-order valence-corrected chi connectivity index (χ3v) is 3.31. The fourth-order valence-electron chi connectivity index (χ4n) is 2.24. The molecule has 0 aliphatic heterocycles. The minimum Gasteiger partial charge on any atom is -0.473 e. The van der Waals surface area contributed by atoms with Gasteiger partial charge in [-0.25, -0.2) is 0 Å². The topological polar surface area (TPSA) is 39.4 Å². The lowest BCUT2D eigenvalue weighted by atomic mass is 10.1. The highest BCUT2D eigenvalue weighted by Crippen LogP contribution is 2.23. The zero-order valence-corrected chi connectivity index (χ0v) is 12.4. The summed E-state index contributed by atoms with van der Waals surface area (Å²) >= 11 is 0. The van der Waals surface area contributed by atoms with Gasteiger partial charge in [-0.05, 0) is 23.8 Å². The number of hydrogen-bond donors (Lipinski definition) is 0. The van der Waals surface area contributed by atoms with Crippen molar-refractivity contribution in [1.29, 1.82) is 0 Å². The molecule has 0 bridgehead atoms. The quantitative estimate of drug-likeness (QED) is 0.684. The van der Waals surface area contributed by atoms with Crippen LogP contribution in [-0.4, -0.2) is 6.61 Å². The fraction of sp³-hybridized carbons (Fsp3) is 0.0500. The van der Waals surface area contributed by atoms with E-state index in [1.165, 1.54) is 0 Å². The Hall–Kier alpha value is -3.25. The molecule has 112 valence electrons. The molecule has 0 spiro atoms. The van der Waals surface area contributed by atoms with E-state index in [1.54, 1.807) is 24.3 Å². The molecule has 0 atom stereocenters. The summed E-state index contributed by atoms with van der Waals surface area (Å²) in [5.41, 5.74) is 1.28. The van der Waals surface area contributed by atoms with E-state index >= 15 is 0 Å². The molecule has 3 aromatic rings. The molecule has 3 nitrogen and oxygen atoms in total. The largest absolute Gasteiger partial charge is 0.473 e. The van der Waals surface area contributed by atoms with Crippen molar-refractivity contribution in [1.82, 2.24) is 0 Å². The molecule has 0 unspecified atom stereocenters. The van der Waals surface area contributed by atoms with Gasteiger partial charge in [-0.2, -0.15) is 0 Å². The Morgan fingerprint density at radius 2 is 1.78 bits per heavy atom. The van der Waals surface area contributed by atoms with Crippen molar-refractivity contribution in [2.45, 2.75) is 0 Å². The first-order chi connectivity index (χ1) is 11.3. The van der Waals surface area contributed by atoms with E-state index in [-0.39, 0.29) is 17.8 Å². The van der Waals surface area contributed by atoms with Crippen LogP contribution in [-0.2, 0) is 0 Å². The average Bonchev–Trinajstić information content (AvgIpc) is 2.60. The molecule has 1 heterocycles. The van der Waals surface area contributed by atoms with Gasteiger partial charge in [-0.1, -0.05) is 54.5 Å². The van der Waals surface area contributed by atoms with Crippen molar-refractivity contribution >= 4 is 23.1 Å². The Labute approximate surface area is 133 Å². The van der Waals surface area contributed by atoms with Crippen molar-refractivity contribution < 1.29 is 9.15 Å². The normalized spacial score (nSPS) is 10.7. The van der Waals surface area contributed by atoms with Crippen LogP contribution in [0.4, 0.5) is 0 Å². The second-order valence-electron chi connectivity index (χ2n) is 4.86. The second kappa shape index (κ2) is 6.67. The van der Waals surface area contributed by atoms with Gasteiger partial charge < -0.3 is 9.15 Å². The Balaban J connectivity index is 2.12. The SMILES string of the molecule is C#CCOc1c(C=Cc2ccccc2)oc2ccccc2c1=O. The van der Waals surface area contributed by atoms with Gasteiger partial charge in [0.25, 0.3) is 0 Å². The first-order valence-corrected chi connectivity index (χ1v) is 7.15. The van der Waals surface area contributed by atoms with E-state index in [9.17, 15) is 4.79 Å². The van der Waals surface area contributed by atoms with Gasteiger partial charge in [0.1, 0.15) is 12.2 Å². The first kappa shape index (κ1) is 14.7. The van der Waals surface area contributed by atoms with E-state index in [0.29, 0.717) is 16.7 Å². The molecule has 3 heteroatoms. The van der Waals surface area contributed by atoms with E-state index in [2.05, 4.69) is 5.92 Å². The van der Waals surface area contributed by atoms with Crippen LogP contribution >= 0.6 is 0 Å². The highest BCUT2D eigenvalue weighted by Gasteiger charge is 2.13. The van der Waals surface area contributed by atoms with Crippen molar-refractivity contribution in [3.8, 4) is 18.1 Å². The molecule has 0 fully saturated rings. The predicted octanol–water partition coefficient (Wildman–Crippen LogP) is 3.98. The smallest absolute Gasteiger partial charge is 0.235 e. The van der Waals surface area contributed by atoms with Crippen LogP contribution in [0.1, 0.15) is 11.3 Å². The van der Waals surface area contributed by atoms with Crippen molar-refractivity contribution in [2.24, 2.45) is 0 Å². The standard InChI is InChI=1S/C20H14O3/c1-2-14-22-20-18(13-12-15-8-4-3-5-9-15)23-17-11-7-6-10-16(17)19(20)21/h1,3-13H,14H2. The van der Waals surface area contributed by atoms with Crippen LogP contribution < -0.4 is 10.2 Å². The minimum absolute atomic E-state index is 0.00920. The molecule has 1 aromatic heterocycles. The van der Waals surface area contributed by atoms with Gasteiger partial charge in [-0.3, -0.25) is 4.79 Å². The summed E-state index contributed by atoms with van der Waals surface area (Å²) in [7, 11) is 0. The maximum atomic E-state index is 12.6.